The van der Waals surface area contributed by atoms with E-state index in [1.165, 1.54) is 4.90 Å². The predicted molar refractivity (Wildman–Crippen MR) is 76.8 cm³/mol. The van der Waals surface area contributed by atoms with Crippen LogP contribution in [0.25, 0.3) is 0 Å². The summed E-state index contributed by atoms with van der Waals surface area (Å²) < 4.78 is 42.6. The number of piperidine rings is 1. The minimum atomic E-state index is -4.11. The highest BCUT2D eigenvalue weighted by atomic mass is 19.4. The number of anilines is 1. The molecule has 118 valence electrons. The average Bonchev–Trinajstić information content (AvgIpc) is 2.42. The third-order valence-electron chi connectivity index (χ3n) is 3.54. The number of rotatable bonds is 5. The Morgan fingerprint density at radius 1 is 1.24 bits per heavy atom. The lowest BCUT2D eigenvalue weighted by Crippen LogP contribution is -2.43. The fraction of sp³-hybridized carbons (Fsp3) is 0.600. The van der Waals surface area contributed by atoms with Crippen LogP contribution in [0.1, 0.15) is 19.8 Å². The van der Waals surface area contributed by atoms with E-state index in [0.29, 0.717) is 32.5 Å². The summed E-state index contributed by atoms with van der Waals surface area (Å²) in [4.78, 5) is 1.46. The maximum atomic E-state index is 12.3. The molecule has 1 aromatic rings. The molecule has 1 N–H and O–H groups in total. The number of likely N-dealkylation sites (tertiary alicyclic amines) is 1. The van der Waals surface area contributed by atoms with E-state index in [-0.39, 0.29) is 6.04 Å². The van der Waals surface area contributed by atoms with Gasteiger partial charge in [0.15, 0.2) is 0 Å². The first-order chi connectivity index (χ1) is 9.98. The highest BCUT2D eigenvalue weighted by Gasteiger charge is 2.32. The molecule has 1 aromatic carbocycles. The Labute approximate surface area is 123 Å². The molecule has 1 saturated heterocycles. The summed E-state index contributed by atoms with van der Waals surface area (Å²) in [5, 5.41) is 3.38. The lowest BCUT2D eigenvalue weighted by atomic mass is 10.0. The number of alkyl halides is 3. The monoisotopic (exact) mass is 302 g/mol. The quantitative estimate of drug-likeness (QED) is 0.900. The smallest absolute Gasteiger partial charge is 0.401 e. The van der Waals surface area contributed by atoms with Gasteiger partial charge in [-0.1, -0.05) is 12.1 Å². The Morgan fingerprint density at radius 3 is 2.52 bits per heavy atom. The first-order valence-electron chi connectivity index (χ1n) is 7.25. The molecule has 0 aromatic heterocycles. The van der Waals surface area contributed by atoms with E-state index in [9.17, 15) is 13.2 Å². The molecule has 2 rings (SSSR count). The second-order valence-electron chi connectivity index (χ2n) is 5.24. The predicted octanol–water partition coefficient (Wildman–Crippen LogP) is 3.52. The average molecular weight is 302 g/mol. The maximum Gasteiger partial charge on any atom is 0.401 e. The van der Waals surface area contributed by atoms with Crippen molar-refractivity contribution in [1.82, 2.24) is 4.90 Å². The van der Waals surface area contributed by atoms with E-state index in [1.54, 1.807) is 0 Å². The lowest BCUT2D eigenvalue weighted by molar-refractivity contribution is -0.147. The van der Waals surface area contributed by atoms with Gasteiger partial charge in [-0.3, -0.25) is 4.90 Å². The molecule has 1 heterocycles. The van der Waals surface area contributed by atoms with Crippen LogP contribution in [0.2, 0.25) is 0 Å². The van der Waals surface area contributed by atoms with Crippen molar-refractivity contribution in [2.75, 3.05) is 31.6 Å². The molecule has 0 atom stereocenters. The lowest BCUT2D eigenvalue weighted by Gasteiger charge is -2.33. The van der Waals surface area contributed by atoms with Crippen molar-refractivity contribution in [3.63, 3.8) is 0 Å². The summed E-state index contributed by atoms with van der Waals surface area (Å²) in [7, 11) is 0. The SMILES string of the molecule is CCOc1ccccc1NC1CCN(CC(F)(F)F)CC1. The molecule has 0 amide bonds. The van der Waals surface area contributed by atoms with Crippen LogP contribution in [0.4, 0.5) is 18.9 Å². The first-order valence-corrected chi connectivity index (χ1v) is 7.25. The largest absolute Gasteiger partial charge is 0.492 e. The molecule has 0 radical (unpaired) electrons. The van der Waals surface area contributed by atoms with Gasteiger partial charge in [-0.15, -0.1) is 0 Å². The number of hydrogen-bond donors (Lipinski definition) is 1. The Balaban J connectivity index is 1.86. The van der Waals surface area contributed by atoms with Crippen molar-refractivity contribution in [1.29, 1.82) is 0 Å². The third-order valence-corrected chi connectivity index (χ3v) is 3.54. The van der Waals surface area contributed by atoms with Crippen LogP contribution in [0.15, 0.2) is 24.3 Å². The Hall–Kier alpha value is -1.43. The molecule has 1 aliphatic heterocycles. The fourth-order valence-electron chi connectivity index (χ4n) is 2.58. The van der Waals surface area contributed by atoms with E-state index in [4.69, 9.17) is 4.74 Å². The van der Waals surface area contributed by atoms with E-state index >= 15 is 0 Å². The Morgan fingerprint density at radius 2 is 1.90 bits per heavy atom. The first kappa shape index (κ1) is 15.9. The molecule has 3 nitrogen and oxygen atoms in total. The van der Waals surface area contributed by atoms with Crippen molar-refractivity contribution in [3.8, 4) is 5.75 Å². The second-order valence-corrected chi connectivity index (χ2v) is 5.24. The summed E-state index contributed by atoms with van der Waals surface area (Å²) in [5.74, 6) is 0.790. The van der Waals surface area contributed by atoms with Gasteiger partial charge in [-0.05, 0) is 31.9 Å². The summed E-state index contributed by atoms with van der Waals surface area (Å²) in [5.41, 5.74) is 0.911. The number of hydrogen-bond acceptors (Lipinski definition) is 3. The Bertz CT molecular complexity index is 443. The van der Waals surface area contributed by atoms with Crippen molar-refractivity contribution in [2.24, 2.45) is 0 Å². The van der Waals surface area contributed by atoms with Crippen molar-refractivity contribution >= 4 is 5.69 Å². The van der Waals surface area contributed by atoms with Gasteiger partial charge in [0.2, 0.25) is 0 Å². The molecule has 6 heteroatoms. The van der Waals surface area contributed by atoms with Crippen LogP contribution in [-0.4, -0.2) is 43.4 Å². The number of para-hydroxylation sites is 2. The number of nitrogens with one attached hydrogen (secondary N) is 1. The van der Waals surface area contributed by atoms with Gasteiger partial charge in [0.05, 0.1) is 18.8 Å². The van der Waals surface area contributed by atoms with Crippen molar-refractivity contribution in [2.45, 2.75) is 32.0 Å². The van der Waals surface area contributed by atoms with Crippen molar-refractivity contribution in [3.05, 3.63) is 24.3 Å². The van der Waals surface area contributed by atoms with Gasteiger partial charge >= 0.3 is 6.18 Å². The number of ether oxygens (including phenoxy) is 1. The van der Waals surface area contributed by atoms with Crippen LogP contribution < -0.4 is 10.1 Å². The molecular formula is C15H21F3N2O. The van der Waals surface area contributed by atoms with Crippen LogP contribution >= 0.6 is 0 Å². The maximum absolute atomic E-state index is 12.3. The molecular weight excluding hydrogens is 281 g/mol. The van der Waals surface area contributed by atoms with E-state index in [1.807, 2.05) is 31.2 Å². The molecule has 0 bridgehead atoms. The topological polar surface area (TPSA) is 24.5 Å². The summed E-state index contributed by atoms with van der Waals surface area (Å²) >= 11 is 0. The Kier molecular flexibility index (Phi) is 5.33. The highest BCUT2D eigenvalue weighted by Crippen LogP contribution is 2.27. The van der Waals surface area contributed by atoms with E-state index in [0.717, 1.165) is 11.4 Å². The van der Waals surface area contributed by atoms with Crippen LogP contribution in [0.3, 0.4) is 0 Å². The molecule has 0 saturated carbocycles. The number of nitrogens with zero attached hydrogens (tertiary/aromatic N) is 1. The highest BCUT2D eigenvalue weighted by molar-refractivity contribution is 5.56. The zero-order chi connectivity index (χ0) is 15.3. The number of benzene rings is 1. The molecule has 0 unspecified atom stereocenters. The second kappa shape index (κ2) is 7.02. The minimum absolute atomic E-state index is 0.191. The third kappa shape index (κ3) is 5.12. The summed E-state index contributed by atoms with van der Waals surface area (Å²) in [6.07, 6.45) is -2.70. The van der Waals surface area contributed by atoms with Gasteiger partial charge in [0.25, 0.3) is 0 Å². The molecule has 21 heavy (non-hydrogen) atoms. The van der Waals surface area contributed by atoms with Gasteiger partial charge in [-0.2, -0.15) is 13.2 Å². The zero-order valence-corrected chi connectivity index (χ0v) is 12.1. The molecule has 0 aliphatic carbocycles. The fourth-order valence-corrected chi connectivity index (χ4v) is 2.58. The number of halogens is 3. The molecule has 0 spiro atoms. The zero-order valence-electron chi connectivity index (χ0n) is 12.1. The molecule has 1 fully saturated rings. The van der Waals surface area contributed by atoms with Crippen LogP contribution in [0, 0.1) is 0 Å². The standard InChI is InChI=1S/C15H21F3N2O/c1-2-21-14-6-4-3-5-13(14)19-12-7-9-20(10-8-12)11-15(16,17)18/h3-6,12,19H,2,7-11H2,1H3. The summed E-state index contributed by atoms with van der Waals surface area (Å²) in [6.45, 7) is 2.63. The minimum Gasteiger partial charge on any atom is -0.492 e. The van der Waals surface area contributed by atoms with Gasteiger partial charge in [0, 0.05) is 19.1 Å². The van der Waals surface area contributed by atoms with E-state index in [2.05, 4.69) is 5.32 Å². The van der Waals surface area contributed by atoms with Crippen molar-refractivity contribution < 1.29 is 17.9 Å². The van der Waals surface area contributed by atoms with Crippen LogP contribution in [-0.2, 0) is 0 Å². The van der Waals surface area contributed by atoms with Crippen LogP contribution in [0.5, 0.6) is 5.75 Å². The normalized spacial score (nSPS) is 17.7. The van der Waals surface area contributed by atoms with Gasteiger partial charge in [0.1, 0.15) is 5.75 Å². The molecule has 1 aliphatic rings. The summed E-state index contributed by atoms with van der Waals surface area (Å²) in [6, 6.07) is 7.85. The van der Waals surface area contributed by atoms with Gasteiger partial charge in [-0.25, -0.2) is 0 Å². The van der Waals surface area contributed by atoms with E-state index < -0.39 is 12.7 Å². The van der Waals surface area contributed by atoms with Gasteiger partial charge < -0.3 is 10.1 Å².